The van der Waals surface area contributed by atoms with Crippen LogP contribution in [0.25, 0.3) is 127 Å². The van der Waals surface area contributed by atoms with Gasteiger partial charge in [-0.25, -0.2) is 32.3 Å². The van der Waals surface area contributed by atoms with Gasteiger partial charge < -0.3 is 58.8 Å². The highest BCUT2D eigenvalue weighted by atomic mass is 19.1. The Kier molecular flexibility index (Phi) is 18.4. The van der Waals surface area contributed by atoms with Gasteiger partial charge in [0.25, 0.3) is 0 Å². The van der Waals surface area contributed by atoms with Gasteiger partial charge in [0.2, 0.25) is 6.29 Å². The highest BCUT2D eigenvalue weighted by molar-refractivity contribution is 6.11. The number of hydrogen-bond acceptors (Lipinski definition) is 13. The van der Waals surface area contributed by atoms with Crippen molar-refractivity contribution >= 4 is 100 Å². The number of esters is 1. The molecule has 108 heavy (non-hydrogen) atoms. The number of hydrogen-bond donors (Lipinski definition) is 10. The number of aliphatic hydroxyl groups excluding tert-OH is 3. The smallest absolute Gasteiger partial charge is 0.340 e. The van der Waals surface area contributed by atoms with E-state index in [4.69, 9.17) is 9.47 Å². The molecule has 0 saturated carbocycles. The Morgan fingerprint density at radius 2 is 0.907 bits per heavy atom. The Labute approximate surface area is 610 Å². The van der Waals surface area contributed by atoms with E-state index in [9.17, 15) is 63.0 Å². The van der Waals surface area contributed by atoms with E-state index in [1.54, 1.807) is 91.5 Å². The van der Waals surface area contributed by atoms with Crippen molar-refractivity contribution in [2.45, 2.75) is 90.0 Å². The highest BCUT2D eigenvalue weighted by Crippen LogP contribution is 2.46. The third-order valence-electron chi connectivity index (χ3n) is 19.5. The number of carbonyl (C=O) groups is 4. The number of H-pyrrole nitrogens is 4. The van der Waals surface area contributed by atoms with Gasteiger partial charge in [-0.2, -0.15) is 15.3 Å². The molecule has 17 rings (SSSR count). The number of fused-ring (bicyclic) bond motifs is 7. The highest BCUT2D eigenvalue weighted by Gasteiger charge is 2.49. The van der Waals surface area contributed by atoms with Crippen molar-refractivity contribution < 1.29 is 72.5 Å². The predicted octanol–water partition coefficient (Wildman–Crippen LogP) is 15.6. The van der Waals surface area contributed by atoms with Crippen molar-refractivity contribution in [3.05, 3.63) is 246 Å². The van der Waals surface area contributed by atoms with E-state index in [2.05, 4.69) is 108 Å². The van der Waals surface area contributed by atoms with Crippen molar-refractivity contribution in [3.63, 3.8) is 0 Å². The summed E-state index contributed by atoms with van der Waals surface area (Å²) in [6, 6.07) is 46.3. The number of carboxylic acids is 3. The van der Waals surface area contributed by atoms with Crippen LogP contribution in [-0.4, -0.2) is 139 Å². The molecule has 26 heteroatoms. The first kappa shape index (κ1) is 70.6. The number of aromatic amines is 4. The van der Waals surface area contributed by atoms with Gasteiger partial charge in [0, 0.05) is 106 Å². The summed E-state index contributed by atoms with van der Waals surface area (Å²) in [6.45, 7) is 12.5. The van der Waals surface area contributed by atoms with Gasteiger partial charge in [-0.05, 0) is 181 Å². The van der Waals surface area contributed by atoms with Gasteiger partial charge in [-0.15, -0.1) is 0 Å². The van der Waals surface area contributed by atoms with Crippen LogP contribution in [0.3, 0.4) is 0 Å². The zero-order valence-corrected chi connectivity index (χ0v) is 58.5. The van der Waals surface area contributed by atoms with Crippen molar-refractivity contribution in [1.29, 1.82) is 0 Å². The third kappa shape index (κ3) is 12.7. The Morgan fingerprint density at radius 3 is 1.34 bits per heavy atom. The first-order valence-corrected chi connectivity index (χ1v) is 34.5. The Morgan fingerprint density at radius 1 is 0.463 bits per heavy atom. The molecule has 1 aliphatic rings. The molecule has 23 nitrogen and oxygen atoms in total. The predicted molar refractivity (Wildman–Crippen MR) is 401 cm³/mol. The van der Waals surface area contributed by atoms with Gasteiger partial charge in [0.15, 0.2) is 6.10 Å². The molecule has 1 unspecified atom stereocenters. The SMILES string of the molecule is CC(C)c1c(-c2cc(C(=O)O)c3cc[nH]c3c2)c2cc3[nH]ncc3cc2n1-c1ccc(F)cc1.CC(C)c1c(-c2cc(C(=O)O)ccn2)c2cc3[nH]ncc3cc2n1-c1ccc(F)cc1.CC(C)c1c(-c2ccc(C(=O)OC3O[C@H](C(=O)O)[C@@H](O)[C@H](O)[C@H]3O)cc2)c2cc3[nH]ncc3cc2n1-c1ccc(F)cc1. The number of aliphatic hydroxyl groups is 3. The number of aromatic nitrogens is 11. The second-order valence-corrected chi connectivity index (χ2v) is 27.4. The fraction of sp³-hybridized carbons (Fsp3) is 0.171. The van der Waals surface area contributed by atoms with Crippen molar-refractivity contribution in [2.75, 3.05) is 0 Å². The zero-order valence-electron chi connectivity index (χ0n) is 58.5. The maximum absolute atomic E-state index is 13.8. The third-order valence-corrected chi connectivity index (χ3v) is 19.5. The van der Waals surface area contributed by atoms with Crippen LogP contribution in [0.4, 0.5) is 13.2 Å². The lowest BCUT2D eigenvalue weighted by molar-refractivity contribution is -0.278. The van der Waals surface area contributed by atoms with Crippen LogP contribution >= 0.6 is 0 Å². The number of nitrogens with one attached hydrogen (secondary N) is 4. The fourth-order valence-corrected chi connectivity index (χ4v) is 14.6. The van der Waals surface area contributed by atoms with Gasteiger partial charge >= 0.3 is 23.9 Å². The van der Waals surface area contributed by atoms with Crippen LogP contribution in [0.15, 0.2) is 195 Å². The average molecular weight is 1460 g/mol. The normalized spacial score (nSPS) is 16.0. The van der Waals surface area contributed by atoms with E-state index in [1.165, 1.54) is 60.8 Å². The van der Waals surface area contributed by atoms with Crippen LogP contribution in [0, 0.1) is 17.5 Å². The average Bonchev–Trinajstić information content (AvgIpc) is 1.58. The van der Waals surface area contributed by atoms with Crippen LogP contribution in [0.1, 0.15) is 107 Å². The van der Waals surface area contributed by atoms with Crippen LogP contribution in [0.5, 0.6) is 0 Å². The summed E-state index contributed by atoms with van der Waals surface area (Å²) < 4.78 is 57.8. The first-order valence-electron chi connectivity index (χ1n) is 34.5. The molecule has 0 amide bonds. The Hall–Kier alpha value is -13.0. The minimum atomic E-state index is -1.91. The number of halogens is 3. The molecule has 5 atom stereocenters. The fourth-order valence-electron chi connectivity index (χ4n) is 14.6. The van der Waals surface area contributed by atoms with E-state index in [0.29, 0.717) is 11.1 Å². The van der Waals surface area contributed by atoms with Crippen molar-refractivity contribution in [2.24, 2.45) is 0 Å². The molecular weight excluding hydrogens is 1390 g/mol. The quantitative estimate of drug-likeness (QED) is 0.0452. The van der Waals surface area contributed by atoms with Crippen LogP contribution in [-0.2, 0) is 14.3 Å². The first-order chi connectivity index (χ1) is 51.9. The molecule has 8 aromatic carbocycles. The minimum Gasteiger partial charge on any atom is -0.479 e. The molecule has 9 heterocycles. The van der Waals surface area contributed by atoms with Gasteiger partial charge in [-0.3, -0.25) is 20.3 Å². The minimum absolute atomic E-state index is 0.0301. The molecule has 10 N–H and O–H groups in total. The molecule has 1 saturated heterocycles. The lowest BCUT2D eigenvalue weighted by Crippen LogP contribution is -2.60. The van der Waals surface area contributed by atoms with Crippen LogP contribution in [0.2, 0.25) is 0 Å². The molecule has 0 bridgehead atoms. The maximum atomic E-state index is 13.8. The molecule has 16 aromatic rings. The van der Waals surface area contributed by atoms with E-state index in [-0.39, 0.29) is 51.9 Å². The second-order valence-electron chi connectivity index (χ2n) is 27.4. The molecule has 0 radical (unpaired) electrons. The largest absolute Gasteiger partial charge is 0.479 e. The molecule has 1 fully saturated rings. The van der Waals surface area contributed by atoms with Gasteiger partial charge in [0.1, 0.15) is 35.8 Å². The molecule has 544 valence electrons. The summed E-state index contributed by atoms with van der Waals surface area (Å²) in [5.41, 5.74) is 16.9. The number of rotatable bonds is 14. The summed E-state index contributed by atoms with van der Waals surface area (Å²) in [7, 11) is 0. The number of aromatic carboxylic acids is 2. The molecule has 8 aromatic heterocycles. The lowest BCUT2D eigenvalue weighted by Gasteiger charge is -2.37. The van der Waals surface area contributed by atoms with E-state index >= 15 is 0 Å². The van der Waals surface area contributed by atoms with E-state index in [1.807, 2.05) is 30.3 Å². The number of benzene rings is 8. The van der Waals surface area contributed by atoms with Gasteiger partial charge in [0.05, 0.1) is 74.1 Å². The number of ether oxygens (including phenoxy) is 2. The van der Waals surface area contributed by atoms with Crippen LogP contribution < -0.4 is 0 Å². The molecule has 1 aliphatic heterocycles. The Balaban J connectivity index is 0.000000131. The Bertz CT molecular complexity index is 6190. The number of nitrogens with zero attached hydrogens (tertiary/aromatic N) is 7. The zero-order chi connectivity index (χ0) is 75.8. The summed E-state index contributed by atoms with van der Waals surface area (Å²) in [4.78, 5) is 55.7. The topological polar surface area (TPSA) is 338 Å². The maximum Gasteiger partial charge on any atom is 0.340 e. The lowest BCUT2D eigenvalue weighted by atomic mass is 9.94. The van der Waals surface area contributed by atoms with Gasteiger partial charge in [-0.1, -0.05) is 53.7 Å². The molecular formula is C82H68F3N11O12. The second kappa shape index (κ2) is 28.1. The summed E-state index contributed by atoms with van der Waals surface area (Å²) in [5, 5.41) is 86.6. The molecule has 0 aliphatic carbocycles. The monoisotopic (exact) mass is 1460 g/mol. The van der Waals surface area contributed by atoms with E-state index < -0.39 is 54.6 Å². The van der Waals surface area contributed by atoms with Crippen molar-refractivity contribution in [1.82, 2.24) is 54.3 Å². The summed E-state index contributed by atoms with van der Waals surface area (Å²) in [6.07, 6.45) is -0.845. The van der Waals surface area contributed by atoms with Crippen molar-refractivity contribution in [3.8, 4) is 50.6 Å². The summed E-state index contributed by atoms with van der Waals surface area (Å²) >= 11 is 0. The summed E-state index contributed by atoms with van der Waals surface area (Å²) in [5.74, 6) is -5.24. The number of carbonyl (C=O) groups excluding carboxylic acids is 1. The molecule has 0 spiro atoms. The number of pyridine rings is 1. The number of aliphatic carboxylic acids is 1. The van der Waals surface area contributed by atoms with E-state index in [0.717, 1.165) is 133 Å². The standard InChI is InChI=1S/C31H28FN3O8.C27H21FN4O2.C24H19FN4O2/c1-14(2)24-23(20-12-21-17(13-33-34-21)11-22(20)35(24)19-9-7-18(32)8-10-19)15-3-5-16(6-4-15)30(41)43-31-27(38)25(36)26(37)28(42-31)29(39)40;1-14(2)26-25(15-9-20(27(33)34)19-7-8-29-23(19)10-15)21-12-22-16(13-30-31-22)11-24(21)32(26)18-5-3-17(28)4-6-18;1-13(2)23-22(20-9-14(24(30)31)7-8-26-20)18-11-19-15(12-27-28-19)10-21(18)29(23)17-5-3-16(25)4-6-17/h3-14,25-28,31,36-38H,1-2H3,(H,33,34)(H,39,40);3-14,29H,1-2H3,(H,30,31)(H,33,34);3-13H,1-2H3,(H,27,28)(H,30,31)/t25-,26-,27+,28-,31?;;/m0../s1. The number of carboxylic acid groups (broad SMARTS) is 3.